The molecular weight excluding hydrogens is 167 g/mol. The minimum atomic E-state index is -0.187. The summed E-state index contributed by atoms with van der Waals surface area (Å²) in [6, 6.07) is 4.90. The van der Waals surface area contributed by atoms with Crippen LogP contribution < -0.4 is 0 Å². The van der Waals surface area contributed by atoms with Gasteiger partial charge in [-0.3, -0.25) is 0 Å². The summed E-state index contributed by atoms with van der Waals surface area (Å²) >= 11 is 0. The van der Waals surface area contributed by atoms with Crippen molar-refractivity contribution in [1.29, 1.82) is 0 Å². The molecule has 1 aliphatic heterocycles. The van der Waals surface area contributed by atoms with E-state index in [0.717, 1.165) is 17.8 Å². The maximum atomic E-state index is 12.9. The van der Waals surface area contributed by atoms with Crippen LogP contribution in [0.5, 0.6) is 0 Å². The molecule has 0 saturated carbocycles. The Balaban J connectivity index is 2.31. The summed E-state index contributed by atoms with van der Waals surface area (Å²) in [6.07, 6.45) is 3.54. The molecule has 0 radical (unpaired) electrons. The van der Waals surface area contributed by atoms with Crippen LogP contribution in [0.25, 0.3) is 11.3 Å². The fourth-order valence-corrected chi connectivity index (χ4v) is 1.78. The largest absolute Gasteiger partial charge is 0.326 e. The Bertz CT molecular complexity index is 474. The topological polar surface area (TPSA) is 17.8 Å². The SMILES string of the molecule is Fc1ccc2c(c1)-c1cncn1C2. The van der Waals surface area contributed by atoms with Gasteiger partial charge in [-0.1, -0.05) is 6.07 Å². The van der Waals surface area contributed by atoms with Crippen LogP contribution in [-0.4, -0.2) is 9.55 Å². The summed E-state index contributed by atoms with van der Waals surface area (Å²) in [7, 11) is 0. The summed E-state index contributed by atoms with van der Waals surface area (Å²) in [5.74, 6) is -0.187. The molecule has 3 heteroatoms. The van der Waals surface area contributed by atoms with Gasteiger partial charge in [0.15, 0.2) is 0 Å². The second kappa shape index (κ2) is 2.19. The third kappa shape index (κ3) is 0.840. The van der Waals surface area contributed by atoms with E-state index in [0.29, 0.717) is 0 Å². The Morgan fingerprint density at radius 3 is 3.23 bits per heavy atom. The second-order valence-electron chi connectivity index (χ2n) is 3.21. The molecule has 1 aromatic carbocycles. The van der Waals surface area contributed by atoms with Crippen molar-refractivity contribution in [1.82, 2.24) is 9.55 Å². The predicted molar refractivity (Wildman–Crippen MR) is 46.7 cm³/mol. The summed E-state index contributed by atoms with van der Waals surface area (Å²) in [4.78, 5) is 4.01. The highest BCUT2D eigenvalue weighted by atomic mass is 19.1. The smallest absolute Gasteiger partial charge is 0.123 e. The zero-order valence-electron chi connectivity index (χ0n) is 6.87. The van der Waals surface area contributed by atoms with E-state index in [1.54, 1.807) is 18.6 Å². The maximum Gasteiger partial charge on any atom is 0.123 e. The highest BCUT2D eigenvalue weighted by Crippen LogP contribution is 2.31. The normalized spacial score (nSPS) is 12.7. The van der Waals surface area contributed by atoms with Crippen LogP contribution in [0.15, 0.2) is 30.7 Å². The molecule has 0 atom stereocenters. The quantitative estimate of drug-likeness (QED) is 0.510. The number of hydrogen-bond donors (Lipinski definition) is 0. The second-order valence-corrected chi connectivity index (χ2v) is 3.21. The van der Waals surface area contributed by atoms with E-state index < -0.39 is 0 Å². The lowest BCUT2D eigenvalue weighted by Crippen LogP contribution is -1.88. The van der Waals surface area contributed by atoms with Crippen molar-refractivity contribution in [2.24, 2.45) is 0 Å². The van der Waals surface area contributed by atoms with E-state index in [2.05, 4.69) is 4.98 Å². The molecule has 0 saturated heterocycles. The van der Waals surface area contributed by atoms with Gasteiger partial charge < -0.3 is 4.57 Å². The molecule has 2 aromatic rings. The molecular formula is C10H7FN2. The van der Waals surface area contributed by atoms with Crippen molar-refractivity contribution >= 4 is 0 Å². The number of imidazole rings is 1. The molecule has 0 amide bonds. The molecule has 2 nitrogen and oxygen atoms in total. The number of nitrogens with zero attached hydrogens (tertiary/aromatic N) is 2. The fraction of sp³-hybridized carbons (Fsp3) is 0.100. The van der Waals surface area contributed by atoms with Crippen LogP contribution >= 0.6 is 0 Å². The van der Waals surface area contributed by atoms with Gasteiger partial charge in [0.25, 0.3) is 0 Å². The van der Waals surface area contributed by atoms with Crippen molar-refractivity contribution in [3.05, 3.63) is 42.1 Å². The predicted octanol–water partition coefficient (Wildman–Crippen LogP) is 2.05. The van der Waals surface area contributed by atoms with Crippen LogP contribution in [0.2, 0.25) is 0 Å². The molecule has 0 spiro atoms. The fourth-order valence-electron chi connectivity index (χ4n) is 1.78. The van der Waals surface area contributed by atoms with Gasteiger partial charge in [-0.2, -0.15) is 0 Å². The van der Waals surface area contributed by atoms with Gasteiger partial charge in [-0.05, 0) is 17.7 Å². The first-order chi connectivity index (χ1) is 6.34. The molecule has 0 fully saturated rings. The summed E-state index contributed by atoms with van der Waals surface area (Å²) in [5, 5.41) is 0. The lowest BCUT2D eigenvalue weighted by atomic mass is 10.1. The Kier molecular flexibility index (Phi) is 1.15. The number of hydrogen-bond acceptors (Lipinski definition) is 1. The van der Waals surface area contributed by atoms with Crippen LogP contribution in [0, 0.1) is 5.82 Å². The van der Waals surface area contributed by atoms with E-state index in [1.165, 1.54) is 11.6 Å². The average Bonchev–Trinajstić information content (AvgIpc) is 2.64. The average molecular weight is 174 g/mol. The van der Waals surface area contributed by atoms with Crippen molar-refractivity contribution in [3.8, 4) is 11.3 Å². The first-order valence-corrected chi connectivity index (χ1v) is 4.13. The lowest BCUT2D eigenvalue weighted by molar-refractivity contribution is 0.628. The minimum absolute atomic E-state index is 0.187. The number of aromatic nitrogens is 2. The van der Waals surface area contributed by atoms with Crippen LogP contribution in [0.1, 0.15) is 5.56 Å². The Labute approximate surface area is 74.7 Å². The van der Waals surface area contributed by atoms with Crippen molar-refractivity contribution in [2.45, 2.75) is 6.54 Å². The molecule has 0 unspecified atom stereocenters. The molecule has 1 aliphatic rings. The van der Waals surface area contributed by atoms with Crippen LogP contribution in [-0.2, 0) is 6.54 Å². The van der Waals surface area contributed by atoms with Crippen LogP contribution in [0.3, 0.4) is 0 Å². The van der Waals surface area contributed by atoms with E-state index in [9.17, 15) is 4.39 Å². The number of fused-ring (bicyclic) bond motifs is 3. The molecule has 2 heterocycles. The standard InChI is InChI=1S/C10H7FN2/c11-8-2-1-7-5-13-6-12-4-10(13)9(7)3-8/h1-4,6H,5H2. The molecule has 1 aromatic heterocycles. The van der Waals surface area contributed by atoms with Gasteiger partial charge in [-0.25, -0.2) is 9.37 Å². The molecule has 64 valence electrons. The monoisotopic (exact) mass is 174 g/mol. The molecule has 0 N–H and O–H groups in total. The van der Waals surface area contributed by atoms with Crippen molar-refractivity contribution in [2.75, 3.05) is 0 Å². The maximum absolute atomic E-state index is 12.9. The highest BCUT2D eigenvalue weighted by molar-refractivity contribution is 5.67. The summed E-state index contributed by atoms with van der Waals surface area (Å²) in [6.45, 7) is 0.810. The summed E-state index contributed by atoms with van der Waals surface area (Å²) in [5.41, 5.74) is 3.14. The van der Waals surface area contributed by atoms with Gasteiger partial charge in [-0.15, -0.1) is 0 Å². The zero-order valence-corrected chi connectivity index (χ0v) is 6.87. The van der Waals surface area contributed by atoms with Gasteiger partial charge in [0.1, 0.15) is 5.82 Å². The van der Waals surface area contributed by atoms with E-state index in [4.69, 9.17) is 0 Å². The zero-order chi connectivity index (χ0) is 8.84. The van der Waals surface area contributed by atoms with Gasteiger partial charge >= 0.3 is 0 Å². The first kappa shape index (κ1) is 6.83. The van der Waals surface area contributed by atoms with E-state index in [1.807, 2.05) is 10.6 Å². The van der Waals surface area contributed by atoms with E-state index in [-0.39, 0.29) is 5.82 Å². The molecule has 0 aliphatic carbocycles. The van der Waals surface area contributed by atoms with Crippen LogP contribution in [0.4, 0.5) is 4.39 Å². The highest BCUT2D eigenvalue weighted by Gasteiger charge is 2.17. The number of benzene rings is 1. The molecule has 3 rings (SSSR count). The number of rotatable bonds is 0. The first-order valence-electron chi connectivity index (χ1n) is 4.13. The minimum Gasteiger partial charge on any atom is -0.326 e. The third-order valence-corrected chi connectivity index (χ3v) is 2.40. The molecule has 0 bridgehead atoms. The van der Waals surface area contributed by atoms with Gasteiger partial charge in [0.05, 0.1) is 18.2 Å². The Morgan fingerprint density at radius 1 is 1.38 bits per heavy atom. The van der Waals surface area contributed by atoms with E-state index >= 15 is 0 Å². The number of halogens is 1. The molecule has 13 heavy (non-hydrogen) atoms. The lowest BCUT2D eigenvalue weighted by Gasteiger charge is -1.96. The Hall–Kier alpha value is -1.64. The Morgan fingerprint density at radius 2 is 2.31 bits per heavy atom. The van der Waals surface area contributed by atoms with Crippen molar-refractivity contribution in [3.63, 3.8) is 0 Å². The third-order valence-electron chi connectivity index (χ3n) is 2.40. The van der Waals surface area contributed by atoms with Crippen molar-refractivity contribution < 1.29 is 4.39 Å². The van der Waals surface area contributed by atoms with Gasteiger partial charge in [0.2, 0.25) is 0 Å². The summed E-state index contributed by atoms with van der Waals surface area (Å²) < 4.78 is 15.0. The van der Waals surface area contributed by atoms with Gasteiger partial charge in [0, 0.05) is 12.1 Å².